The molecule has 2 aromatic rings. The van der Waals surface area contributed by atoms with E-state index in [4.69, 9.17) is 5.11 Å². The lowest BCUT2D eigenvalue weighted by Gasteiger charge is -2.13. The number of hydrogen-bond donors (Lipinski definition) is 1. The minimum atomic E-state index is 0.0472. The van der Waals surface area contributed by atoms with Crippen molar-refractivity contribution in [2.24, 2.45) is 5.92 Å². The van der Waals surface area contributed by atoms with Gasteiger partial charge < -0.3 is 5.11 Å². The smallest absolute Gasteiger partial charge is 0.263 e. The van der Waals surface area contributed by atoms with E-state index in [2.05, 4.69) is 18.8 Å². The number of thiophene rings is 1. The van der Waals surface area contributed by atoms with E-state index in [9.17, 15) is 4.79 Å². The lowest BCUT2D eigenvalue weighted by atomic mass is 10.2. The topological polar surface area (TPSA) is 55.1 Å². The summed E-state index contributed by atoms with van der Waals surface area (Å²) in [5.74, 6) is 0.930. The molecule has 0 aromatic carbocycles. The summed E-state index contributed by atoms with van der Waals surface area (Å²) in [7, 11) is 0. The van der Waals surface area contributed by atoms with Crippen LogP contribution in [-0.4, -0.2) is 27.0 Å². The molecule has 20 heavy (non-hydrogen) atoms. The van der Waals surface area contributed by atoms with Crippen molar-refractivity contribution in [3.05, 3.63) is 20.8 Å². The number of nitrogens with zero attached hydrogens (tertiary/aromatic N) is 2. The van der Waals surface area contributed by atoms with E-state index in [0.29, 0.717) is 23.4 Å². The number of rotatable bonds is 5. The van der Waals surface area contributed by atoms with Gasteiger partial charge in [0.1, 0.15) is 4.83 Å². The molecule has 2 rings (SSSR count). The van der Waals surface area contributed by atoms with Crippen LogP contribution < -0.4 is 5.56 Å². The van der Waals surface area contributed by atoms with Crippen molar-refractivity contribution in [3.8, 4) is 0 Å². The van der Waals surface area contributed by atoms with E-state index < -0.39 is 0 Å². The first-order valence-corrected chi connectivity index (χ1v) is 8.50. The quantitative estimate of drug-likeness (QED) is 0.681. The van der Waals surface area contributed by atoms with Gasteiger partial charge >= 0.3 is 0 Å². The molecule has 0 aliphatic rings. The summed E-state index contributed by atoms with van der Waals surface area (Å²) in [6.45, 7) is 8.92. The van der Waals surface area contributed by atoms with Crippen LogP contribution in [0.15, 0.2) is 9.95 Å². The van der Waals surface area contributed by atoms with Crippen LogP contribution in [0.25, 0.3) is 10.2 Å². The lowest BCUT2D eigenvalue weighted by Crippen LogP contribution is -2.25. The maximum absolute atomic E-state index is 12.7. The van der Waals surface area contributed by atoms with Crippen LogP contribution in [0.1, 0.15) is 24.3 Å². The fourth-order valence-corrected chi connectivity index (χ4v) is 3.90. The highest BCUT2D eigenvalue weighted by Crippen LogP contribution is 2.28. The van der Waals surface area contributed by atoms with Crippen molar-refractivity contribution < 1.29 is 5.11 Å². The molecule has 0 atom stereocenters. The summed E-state index contributed by atoms with van der Waals surface area (Å²) in [6.07, 6.45) is 0. The Hall–Kier alpha value is -0.850. The van der Waals surface area contributed by atoms with E-state index in [0.717, 1.165) is 20.7 Å². The molecule has 0 amide bonds. The molecule has 0 aliphatic heterocycles. The van der Waals surface area contributed by atoms with Crippen LogP contribution in [0.3, 0.4) is 0 Å². The summed E-state index contributed by atoms with van der Waals surface area (Å²) < 4.78 is 1.76. The number of thioether (sulfide) groups is 1. The van der Waals surface area contributed by atoms with Gasteiger partial charge in [0, 0.05) is 17.2 Å². The van der Waals surface area contributed by atoms with E-state index >= 15 is 0 Å². The molecule has 0 fully saturated rings. The predicted molar refractivity (Wildman–Crippen MR) is 86.0 cm³/mol. The van der Waals surface area contributed by atoms with E-state index in [1.165, 1.54) is 11.8 Å². The van der Waals surface area contributed by atoms with Crippen LogP contribution in [0.4, 0.5) is 0 Å². The van der Waals surface area contributed by atoms with E-state index in [1.807, 2.05) is 13.8 Å². The van der Waals surface area contributed by atoms with Gasteiger partial charge in [-0.25, -0.2) is 4.98 Å². The standard InChI is InChI=1S/C14H20N2O2S2/c1-8(2)7-16-13(18)11-9(3)10(4)20-12(11)15-14(16)19-6-5-17/h8,17H,5-7H2,1-4H3. The number of aliphatic hydroxyl groups is 1. The molecule has 0 unspecified atom stereocenters. The molecule has 0 spiro atoms. The number of fused-ring (bicyclic) bond motifs is 1. The monoisotopic (exact) mass is 312 g/mol. The molecule has 0 radical (unpaired) electrons. The molecule has 0 saturated carbocycles. The molecule has 0 aliphatic carbocycles. The number of aryl methyl sites for hydroxylation is 2. The highest BCUT2D eigenvalue weighted by atomic mass is 32.2. The Morgan fingerprint density at radius 2 is 2.10 bits per heavy atom. The molecule has 1 N–H and O–H groups in total. The van der Waals surface area contributed by atoms with Gasteiger partial charge in [0.05, 0.1) is 12.0 Å². The molecule has 4 nitrogen and oxygen atoms in total. The molecule has 2 aromatic heterocycles. The average Bonchev–Trinajstić information content (AvgIpc) is 2.66. The van der Waals surface area contributed by atoms with Gasteiger partial charge in [-0.2, -0.15) is 0 Å². The van der Waals surface area contributed by atoms with Crippen molar-refractivity contribution in [1.29, 1.82) is 0 Å². The van der Waals surface area contributed by atoms with Crippen LogP contribution in [0.2, 0.25) is 0 Å². The Morgan fingerprint density at radius 3 is 2.70 bits per heavy atom. The first-order chi connectivity index (χ1) is 9.45. The van der Waals surface area contributed by atoms with Crippen molar-refractivity contribution in [3.63, 3.8) is 0 Å². The summed E-state index contributed by atoms with van der Waals surface area (Å²) in [6, 6.07) is 0. The maximum Gasteiger partial charge on any atom is 0.263 e. The predicted octanol–water partition coefficient (Wildman–Crippen LogP) is 2.82. The van der Waals surface area contributed by atoms with Crippen molar-refractivity contribution in [2.45, 2.75) is 39.4 Å². The fraction of sp³-hybridized carbons (Fsp3) is 0.571. The summed E-state index contributed by atoms with van der Waals surface area (Å²) in [4.78, 5) is 19.3. The minimum absolute atomic E-state index is 0.0472. The van der Waals surface area contributed by atoms with Gasteiger partial charge in [0.2, 0.25) is 0 Å². The average molecular weight is 312 g/mol. The van der Waals surface area contributed by atoms with Crippen molar-refractivity contribution >= 4 is 33.3 Å². The molecule has 6 heteroatoms. The zero-order valence-electron chi connectivity index (χ0n) is 12.3. The Balaban J connectivity index is 2.66. The number of hydrogen-bond acceptors (Lipinski definition) is 5. The van der Waals surface area contributed by atoms with E-state index in [-0.39, 0.29) is 12.2 Å². The largest absolute Gasteiger partial charge is 0.396 e. The zero-order chi connectivity index (χ0) is 14.9. The van der Waals surface area contributed by atoms with Crippen molar-refractivity contribution in [2.75, 3.05) is 12.4 Å². The SMILES string of the molecule is Cc1sc2nc(SCCO)n(CC(C)C)c(=O)c2c1C. The zero-order valence-corrected chi connectivity index (χ0v) is 13.9. The van der Waals surface area contributed by atoms with E-state index in [1.54, 1.807) is 15.9 Å². The number of aromatic nitrogens is 2. The highest BCUT2D eigenvalue weighted by molar-refractivity contribution is 7.99. The fourth-order valence-electron chi connectivity index (χ4n) is 2.08. The summed E-state index contributed by atoms with van der Waals surface area (Å²) in [5.41, 5.74) is 1.09. The van der Waals surface area contributed by atoms with Crippen LogP contribution in [-0.2, 0) is 6.54 Å². The Kier molecular flexibility index (Phi) is 4.88. The Morgan fingerprint density at radius 1 is 1.40 bits per heavy atom. The second-order valence-electron chi connectivity index (χ2n) is 5.24. The molecule has 110 valence electrons. The first-order valence-electron chi connectivity index (χ1n) is 6.70. The maximum atomic E-state index is 12.7. The van der Waals surface area contributed by atoms with Gasteiger partial charge in [-0.05, 0) is 25.3 Å². The third-order valence-electron chi connectivity index (χ3n) is 3.12. The van der Waals surface area contributed by atoms with Gasteiger partial charge in [0.15, 0.2) is 5.16 Å². The van der Waals surface area contributed by atoms with Gasteiger partial charge in [-0.15, -0.1) is 11.3 Å². The molecular weight excluding hydrogens is 292 g/mol. The van der Waals surface area contributed by atoms with Gasteiger partial charge in [0.25, 0.3) is 5.56 Å². The molecule has 2 heterocycles. The first kappa shape index (κ1) is 15.5. The van der Waals surface area contributed by atoms with Crippen molar-refractivity contribution in [1.82, 2.24) is 9.55 Å². The highest BCUT2D eigenvalue weighted by Gasteiger charge is 2.17. The molecular formula is C14H20N2O2S2. The normalized spacial score (nSPS) is 11.7. The second kappa shape index (κ2) is 6.28. The Labute approximate surface area is 126 Å². The minimum Gasteiger partial charge on any atom is -0.396 e. The third-order valence-corrected chi connectivity index (χ3v) is 5.18. The summed E-state index contributed by atoms with van der Waals surface area (Å²) in [5, 5.41) is 10.5. The molecule has 0 bridgehead atoms. The van der Waals surface area contributed by atoms with Crippen LogP contribution >= 0.6 is 23.1 Å². The van der Waals surface area contributed by atoms with Crippen LogP contribution in [0, 0.1) is 19.8 Å². The molecule has 0 saturated heterocycles. The summed E-state index contributed by atoms with van der Waals surface area (Å²) >= 11 is 3.01. The number of aliphatic hydroxyl groups excluding tert-OH is 1. The van der Waals surface area contributed by atoms with Crippen LogP contribution in [0.5, 0.6) is 0 Å². The lowest BCUT2D eigenvalue weighted by molar-refractivity contribution is 0.322. The van der Waals surface area contributed by atoms with Gasteiger partial charge in [-0.1, -0.05) is 25.6 Å². The second-order valence-corrected chi connectivity index (χ2v) is 7.50. The third kappa shape index (κ3) is 2.92. The Bertz CT molecular complexity index is 674. The van der Waals surface area contributed by atoms with Gasteiger partial charge in [-0.3, -0.25) is 9.36 Å².